The highest BCUT2D eigenvalue weighted by Crippen LogP contribution is 1.81. The van der Waals surface area contributed by atoms with Crippen molar-refractivity contribution in [2.45, 2.75) is 0 Å². The molecule has 0 aliphatic heterocycles. The van der Waals surface area contributed by atoms with Gasteiger partial charge in [0.05, 0.1) is 0 Å². The van der Waals surface area contributed by atoms with Crippen LogP contribution in [0.25, 0.3) is 0 Å². The molecule has 1 aromatic heterocycles. The van der Waals surface area contributed by atoms with Crippen LogP contribution >= 0.6 is 0 Å². The topological polar surface area (TPSA) is 82.0 Å². The average Bonchev–Trinajstić information content (AvgIpc) is 1.77. The van der Waals surface area contributed by atoms with E-state index in [0.717, 1.165) is 6.26 Å². The summed E-state index contributed by atoms with van der Waals surface area (Å²) in [5, 5.41) is 5.91. The summed E-state index contributed by atoms with van der Waals surface area (Å²) in [6.45, 7) is 0. The molecule has 0 saturated carbocycles. The van der Waals surface area contributed by atoms with Crippen molar-refractivity contribution in [3.05, 3.63) is 16.6 Å². The van der Waals surface area contributed by atoms with Crippen LogP contribution in [0.2, 0.25) is 0 Å². The Morgan fingerprint density at radius 3 is 2.88 bits per heavy atom. The SMILES string of the molecule is Nc1connc1=O. The van der Waals surface area contributed by atoms with Crippen LogP contribution in [-0.4, -0.2) is 10.4 Å². The molecule has 1 heterocycles. The summed E-state index contributed by atoms with van der Waals surface area (Å²) in [4.78, 5) is 10.3. The van der Waals surface area contributed by atoms with Crippen molar-refractivity contribution >= 4 is 5.69 Å². The van der Waals surface area contributed by atoms with Gasteiger partial charge in [-0.15, -0.1) is 0 Å². The second-order valence-corrected chi connectivity index (χ2v) is 1.17. The van der Waals surface area contributed by atoms with Crippen molar-refractivity contribution in [2.24, 2.45) is 0 Å². The Labute approximate surface area is 44.1 Å². The van der Waals surface area contributed by atoms with Crippen LogP contribution in [0.1, 0.15) is 0 Å². The van der Waals surface area contributed by atoms with Crippen molar-refractivity contribution in [1.29, 1.82) is 0 Å². The van der Waals surface area contributed by atoms with Crippen LogP contribution in [0.4, 0.5) is 5.69 Å². The second-order valence-electron chi connectivity index (χ2n) is 1.17. The lowest BCUT2D eigenvalue weighted by molar-refractivity contribution is 0.358. The number of anilines is 1. The van der Waals surface area contributed by atoms with Crippen molar-refractivity contribution in [3.63, 3.8) is 0 Å². The molecule has 1 rings (SSSR count). The largest absolute Gasteiger partial charge is 0.392 e. The molecule has 0 aliphatic rings. The fraction of sp³-hybridized carbons (Fsp3) is 0. The Kier molecular flexibility index (Phi) is 0.957. The summed E-state index contributed by atoms with van der Waals surface area (Å²) >= 11 is 0. The van der Waals surface area contributed by atoms with Gasteiger partial charge >= 0.3 is 5.56 Å². The first-order valence-electron chi connectivity index (χ1n) is 1.87. The summed E-state index contributed by atoms with van der Waals surface area (Å²) in [6.07, 6.45) is 1.04. The molecule has 0 fully saturated rings. The molecule has 1 aromatic rings. The van der Waals surface area contributed by atoms with E-state index < -0.39 is 5.56 Å². The second kappa shape index (κ2) is 1.61. The van der Waals surface area contributed by atoms with Crippen molar-refractivity contribution in [1.82, 2.24) is 10.4 Å². The van der Waals surface area contributed by atoms with Gasteiger partial charge in [0, 0.05) is 5.27 Å². The molecule has 0 aliphatic carbocycles. The first kappa shape index (κ1) is 4.76. The molecule has 0 radical (unpaired) electrons. The Bertz CT molecular complexity index is 230. The lowest BCUT2D eigenvalue weighted by Crippen LogP contribution is -2.11. The van der Waals surface area contributed by atoms with Gasteiger partial charge < -0.3 is 10.3 Å². The number of nitrogens with two attached hydrogens (primary N) is 1. The molecule has 0 spiro atoms. The van der Waals surface area contributed by atoms with Gasteiger partial charge in [0.2, 0.25) is 0 Å². The molecule has 0 aromatic carbocycles. The first-order valence-corrected chi connectivity index (χ1v) is 1.87. The van der Waals surface area contributed by atoms with E-state index in [4.69, 9.17) is 5.73 Å². The maximum Gasteiger partial charge on any atom is 0.317 e. The van der Waals surface area contributed by atoms with Gasteiger partial charge in [0.15, 0.2) is 6.26 Å². The Balaban J connectivity index is 3.35. The van der Waals surface area contributed by atoms with Gasteiger partial charge in [-0.3, -0.25) is 4.79 Å². The number of aromatic nitrogens is 2. The molecule has 0 amide bonds. The quantitative estimate of drug-likeness (QED) is 0.467. The standard InChI is InChI=1S/C3H3N3O2/c4-2-1-8-6-5-3(2)7/h1H,4H2. The Hall–Kier alpha value is -1.39. The van der Waals surface area contributed by atoms with E-state index in [1.165, 1.54) is 0 Å². The van der Waals surface area contributed by atoms with Gasteiger partial charge in [-0.2, -0.15) is 0 Å². The van der Waals surface area contributed by atoms with E-state index in [-0.39, 0.29) is 5.69 Å². The van der Waals surface area contributed by atoms with Gasteiger partial charge in [-0.25, -0.2) is 0 Å². The minimum atomic E-state index is -0.559. The van der Waals surface area contributed by atoms with Crippen LogP contribution < -0.4 is 11.3 Å². The molecular weight excluding hydrogens is 110 g/mol. The number of hydrogen-bond donors (Lipinski definition) is 1. The number of hydrogen-bond acceptors (Lipinski definition) is 5. The monoisotopic (exact) mass is 113 g/mol. The maximum absolute atomic E-state index is 10.3. The molecule has 5 heteroatoms. The molecule has 5 nitrogen and oxygen atoms in total. The highest BCUT2D eigenvalue weighted by atomic mass is 16.5. The summed E-state index contributed by atoms with van der Waals surface area (Å²) in [5.74, 6) is 0. The lowest BCUT2D eigenvalue weighted by Gasteiger charge is -1.80. The normalized spacial score (nSPS) is 9.00. The maximum atomic E-state index is 10.3. The Morgan fingerprint density at radius 2 is 2.50 bits per heavy atom. The third kappa shape index (κ3) is 0.651. The van der Waals surface area contributed by atoms with E-state index >= 15 is 0 Å². The highest BCUT2D eigenvalue weighted by molar-refractivity contribution is 5.27. The van der Waals surface area contributed by atoms with Crippen molar-refractivity contribution in [3.8, 4) is 0 Å². The molecular formula is C3H3N3O2. The van der Waals surface area contributed by atoms with E-state index in [9.17, 15) is 4.79 Å². The van der Waals surface area contributed by atoms with Crippen LogP contribution in [0, 0.1) is 0 Å². The Morgan fingerprint density at radius 1 is 1.75 bits per heavy atom. The van der Waals surface area contributed by atoms with Crippen LogP contribution in [0.3, 0.4) is 0 Å². The van der Waals surface area contributed by atoms with E-state index in [2.05, 4.69) is 14.9 Å². The molecule has 0 saturated heterocycles. The molecule has 8 heavy (non-hydrogen) atoms. The number of nitrogen functional groups attached to an aromatic ring is 1. The van der Waals surface area contributed by atoms with Crippen LogP contribution in [0.5, 0.6) is 0 Å². The van der Waals surface area contributed by atoms with Gasteiger partial charge in [0.1, 0.15) is 5.69 Å². The third-order valence-electron chi connectivity index (χ3n) is 0.605. The lowest BCUT2D eigenvalue weighted by atomic mass is 10.6. The minimum Gasteiger partial charge on any atom is -0.392 e. The fourth-order valence-corrected chi connectivity index (χ4v) is 0.249. The van der Waals surface area contributed by atoms with E-state index in [1.807, 2.05) is 0 Å². The van der Waals surface area contributed by atoms with E-state index in [0.29, 0.717) is 0 Å². The zero-order valence-electron chi connectivity index (χ0n) is 3.87. The van der Waals surface area contributed by atoms with Crippen molar-refractivity contribution < 1.29 is 4.52 Å². The predicted molar refractivity (Wildman–Crippen MR) is 25.0 cm³/mol. The molecule has 0 atom stereocenters. The number of nitrogens with zero attached hydrogens (tertiary/aromatic N) is 2. The van der Waals surface area contributed by atoms with E-state index in [1.54, 1.807) is 0 Å². The molecule has 0 unspecified atom stereocenters. The van der Waals surface area contributed by atoms with Gasteiger partial charge in [0.25, 0.3) is 0 Å². The summed E-state index contributed by atoms with van der Waals surface area (Å²) < 4.78 is 4.20. The highest BCUT2D eigenvalue weighted by Gasteiger charge is 1.90. The minimum absolute atomic E-state index is 0.0278. The smallest absolute Gasteiger partial charge is 0.317 e. The van der Waals surface area contributed by atoms with Crippen molar-refractivity contribution in [2.75, 3.05) is 5.73 Å². The van der Waals surface area contributed by atoms with Crippen LogP contribution in [-0.2, 0) is 0 Å². The number of rotatable bonds is 0. The van der Waals surface area contributed by atoms with Gasteiger partial charge in [-0.1, -0.05) is 5.10 Å². The predicted octanol–water partition coefficient (Wildman–Crippen LogP) is -0.988. The fourth-order valence-electron chi connectivity index (χ4n) is 0.249. The molecule has 2 N–H and O–H groups in total. The summed E-state index contributed by atoms with van der Waals surface area (Å²) in [6, 6.07) is 0. The van der Waals surface area contributed by atoms with Crippen LogP contribution in [0.15, 0.2) is 15.6 Å². The first-order chi connectivity index (χ1) is 3.80. The summed E-state index contributed by atoms with van der Waals surface area (Å²) in [5.41, 5.74) is 4.42. The zero-order valence-corrected chi connectivity index (χ0v) is 3.87. The average molecular weight is 113 g/mol. The molecule has 0 bridgehead atoms. The molecule has 42 valence electrons. The zero-order chi connectivity index (χ0) is 5.98. The third-order valence-corrected chi connectivity index (χ3v) is 0.605. The summed E-state index contributed by atoms with van der Waals surface area (Å²) in [7, 11) is 0. The van der Waals surface area contributed by atoms with Gasteiger partial charge in [-0.05, 0) is 0 Å².